The molecular formula is C11H13ClFNO5S. The number of sulfonamides is 1. The second kappa shape index (κ2) is 5.65. The molecule has 0 fully saturated rings. The maximum atomic E-state index is 13.2. The van der Waals surface area contributed by atoms with Crippen LogP contribution in [-0.2, 0) is 14.8 Å². The first-order valence-corrected chi connectivity index (χ1v) is 7.24. The van der Waals surface area contributed by atoms with Crippen LogP contribution in [0.3, 0.4) is 0 Å². The highest BCUT2D eigenvalue weighted by Gasteiger charge is 2.32. The summed E-state index contributed by atoms with van der Waals surface area (Å²) in [6, 6.07) is 1.87. The second-order valence-corrected chi connectivity index (χ2v) is 6.58. The van der Waals surface area contributed by atoms with Crippen molar-refractivity contribution in [3.63, 3.8) is 0 Å². The van der Waals surface area contributed by atoms with E-state index in [1.807, 2.05) is 4.72 Å². The maximum Gasteiger partial charge on any atom is 0.336 e. The highest BCUT2D eigenvalue weighted by atomic mass is 35.5. The van der Waals surface area contributed by atoms with Crippen molar-refractivity contribution < 1.29 is 27.8 Å². The summed E-state index contributed by atoms with van der Waals surface area (Å²) < 4.78 is 39.1. The topological polar surface area (TPSA) is 104 Å². The van der Waals surface area contributed by atoms with Crippen molar-refractivity contribution in [1.82, 2.24) is 4.72 Å². The highest BCUT2D eigenvalue weighted by Crippen LogP contribution is 2.24. The van der Waals surface area contributed by atoms with E-state index in [0.717, 1.165) is 19.1 Å². The minimum absolute atomic E-state index is 0.0692. The number of carboxylic acid groups (broad SMARTS) is 1. The monoisotopic (exact) mass is 325 g/mol. The van der Waals surface area contributed by atoms with Crippen LogP contribution in [0.1, 0.15) is 12.5 Å². The lowest BCUT2D eigenvalue weighted by Gasteiger charge is -2.18. The number of nitrogens with one attached hydrogen (secondary N) is 1. The summed E-state index contributed by atoms with van der Waals surface area (Å²) in [6.45, 7) is 1.55. The molecule has 1 aromatic rings. The molecule has 0 aliphatic rings. The molecule has 0 aliphatic heterocycles. The van der Waals surface area contributed by atoms with Gasteiger partial charge in [0.05, 0.1) is 11.6 Å². The molecule has 1 unspecified atom stereocenters. The van der Waals surface area contributed by atoms with Crippen LogP contribution in [0.5, 0.6) is 0 Å². The summed E-state index contributed by atoms with van der Waals surface area (Å²) >= 11 is 5.66. The number of benzene rings is 1. The third kappa shape index (κ3) is 3.66. The molecule has 0 aromatic heterocycles. The number of hydrogen-bond donors (Lipinski definition) is 3. The highest BCUT2D eigenvalue weighted by molar-refractivity contribution is 7.89. The number of aryl methyl sites for hydroxylation is 1. The molecule has 1 atom stereocenters. The van der Waals surface area contributed by atoms with Crippen LogP contribution in [0.15, 0.2) is 17.0 Å². The Hall–Kier alpha value is -1.22. The summed E-state index contributed by atoms with van der Waals surface area (Å²) in [5.41, 5.74) is -2.20. The van der Waals surface area contributed by atoms with Gasteiger partial charge in [-0.05, 0) is 31.5 Å². The van der Waals surface area contributed by atoms with Gasteiger partial charge in [0, 0.05) is 0 Å². The summed E-state index contributed by atoms with van der Waals surface area (Å²) in [4.78, 5) is 10.3. The van der Waals surface area contributed by atoms with Gasteiger partial charge in [-0.3, -0.25) is 0 Å². The van der Waals surface area contributed by atoms with Crippen molar-refractivity contribution in [3.8, 4) is 0 Å². The fourth-order valence-electron chi connectivity index (χ4n) is 1.23. The Kier molecular flexibility index (Phi) is 4.75. The minimum Gasteiger partial charge on any atom is -0.479 e. The Bertz CT molecular complexity index is 644. The number of aliphatic carboxylic acids is 1. The molecule has 1 rings (SSSR count). The Morgan fingerprint density at radius 1 is 1.50 bits per heavy atom. The minimum atomic E-state index is -4.17. The molecule has 20 heavy (non-hydrogen) atoms. The van der Waals surface area contributed by atoms with Gasteiger partial charge < -0.3 is 10.2 Å². The van der Waals surface area contributed by atoms with Crippen molar-refractivity contribution in [2.45, 2.75) is 24.3 Å². The van der Waals surface area contributed by atoms with Crippen molar-refractivity contribution in [3.05, 3.63) is 28.5 Å². The van der Waals surface area contributed by atoms with Gasteiger partial charge in [0.2, 0.25) is 10.0 Å². The molecular weight excluding hydrogens is 313 g/mol. The summed E-state index contributed by atoms with van der Waals surface area (Å²) in [5.74, 6) is -2.24. The van der Waals surface area contributed by atoms with E-state index in [9.17, 15) is 22.7 Å². The Labute approximate surface area is 120 Å². The number of rotatable bonds is 5. The Balaban J connectivity index is 3.07. The van der Waals surface area contributed by atoms with Crippen molar-refractivity contribution in [2.75, 3.05) is 6.54 Å². The molecule has 6 nitrogen and oxygen atoms in total. The van der Waals surface area contributed by atoms with Crippen LogP contribution in [0.4, 0.5) is 4.39 Å². The molecule has 0 radical (unpaired) electrons. The van der Waals surface area contributed by atoms with E-state index in [-0.39, 0.29) is 15.5 Å². The molecule has 0 heterocycles. The zero-order valence-corrected chi connectivity index (χ0v) is 12.2. The maximum absolute atomic E-state index is 13.2. The predicted molar refractivity (Wildman–Crippen MR) is 69.6 cm³/mol. The second-order valence-electron chi connectivity index (χ2n) is 4.44. The van der Waals surface area contributed by atoms with Crippen molar-refractivity contribution in [2.24, 2.45) is 0 Å². The SMILES string of the molecule is Cc1cc(S(=O)(=O)NCC(C)(O)C(=O)O)c(Cl)cc1F. The summed E-state index contributed by atoms with van der Waals surface area (Å²) in [5, 5.41) is 17.8. The van der Waals surface area contributed by atoms with Gasteiger partial charge in [0.15, 0.2) is 5.60 Å². The van der Waals surface area contributed by atoms with E-state index in [2.05, 4.69) is 0 Å². The molecule has 0 aliphatic carbocycles. The molecule has 112 valence electrons. The number of aliphatic hydroxyl groups is 1. The lowest BCUT2D eigenvalue weighted by Crippen LogP contribution is -2.46. The molecule has 9 heteroatoms. The van der Waals surface area contributed by atoms with Gasteiger partial charge in [-0.25, -0.2) is 22.3 Å². The van der Waals surface area contributed by atoms with E-state index in [1.54, 1.807) is 0 Å². The third-order valence-corrected chi connectivity index (χ3v) is 4.44. The van der Waals surface area contributed by atoms with Crippen LogP contribution >= 0.6 is 11.6 Å². The fraction of sp³-hybridized carbons (Fsp3) is 0.364. The van der Waals surface area contributed by atoms with Crippen LogP contribution in [-0.4, -0.2) is 36.7 Å². The summed E-state index contributed by atoms with van der Waals surface area (Å²) in [7, 11) is -4.17. The molecule has 3 N–H and O–H groups in total. The van der Waals surface area contributed by atoms with E-state index in [0.29, 0.717) is 0 Å². The predicted octanol–water partition coefficient (Wildman–Crippen LogP) is 0.901. The molecule has 0 spiro atoms. The number of carbonyl (C=O) groups is 1. The van der Waals surface area contributed by atoms with E-state index < -0.39 is 34.0 Å². The van der Waals surface area contributed by atoms with Gasteiger partial charge in [-0.15, -0.1) is 0 Å². The van der Waals surface area contributed by atoms with Gasteiger partial charge >= 0.3 is 5.97 Å². The van der Waals surface area contributed by atoms with Crippen molar-refractivity contribution in [1.29, 1.82) is 0 Å². The lowest BCUT2D eigenvalue weighted by atomic mass is 10.1. The largest absolute Gasteiger partial charge is 0.479 e. The third-order valence-electron chi connectivity index (χ3n) is 2.57. The number of hydrogen-bond acceptors (Lipinski definition) is 4. The van der Waals surface area contributed by atoms with E-state index in [4.69, 9.17) is 16.7 Å². The van der Waals surface area contributed by atoms with Gasteiger partial charge in [0.25, 0.3) is 0 Å². The van der Waals surface area contributed by atoms with Crippen LogP contribution in [0.2, 0.25) is 5.02 Å². The van der Waals surface area contributed by atoms with Crippen LogP contribution in [0.25, 0.3) is 0 Å². The zero-order chi connectivity index (χ0) is 15.7. The van der Waals surface area contributed by atoms with Gasteiger partial charge in [-0.2, -0.15) is 0 Å². The standard InChI is InChI=1S/C11H13ClFNO5S/c1-6-3-9(7(12)4-8(6)13)20(18,19)14-5-11(2,17)10(15)16/h3-4,14,17H,5H2,1-2H3,(H,15,16). The molecule has 0 amide bonds. The fourth-order valence-corrected chi connectivity index (χ4v) is 2.95. The van der Waals surface area contributed by atoms with Gasteiger partial charge in [-0.1, -0.05) is 11.6 Å². The molecule has 1 aromatic carbocycles. The Morgan fingerprint density at radius 2 is 2.05 bits per heavy atom. The summed E-state index contributed by atoms with van der Waals surface area (Å²) in [6.07, 6.45) is 0. The Morgan fingerprint density at radius 3 is 2.55 bits per heavy atom. The average Bonchev–Trinajstić information content (AvgIpc) is 2.31. The van der Waals surface area contributed by atoms with E-state index >= 15 is 0 Å². The average molecular weight is 326 g/mol. The van der Waals surface area contributed by atoms with Gasteiger partial charge in [0.1, 0.15) is 10.7 Å². The van der Waals surface area contributed by atoms with Crippen molar-refractivity contribution >= 4 is 27.6 Å². The van der Waals surface area contributed by atoms with Crippen LogP contribution in [0, 0.1) is 12.7 Å². The smallest absolute Gasteiger partial charge is 0.336 e. The van der Waals surface area contributed by atoms with Crippen LogP contribution < -0.4 is 4.72 Å². The quantitative estimate of drug-likeness (QED) is 0.746. The first-order chi connectivity index (χ1) is 8.97. The molecule has 0 saturated heterocycles. The lowest BCUT2D eigenvalue weighted by molar-refractivity contribution is -0.155. The number of carboxylic acids is 1. The normalized spacial score (nSPS) is 14.8. The number of halogens is 2. The van der Waals surface area contributed by atoms with E-state index in [1.165, 1.54) is 6.92 Å². The molecule has 0 saturated carbocycles. The first kappa shape index (κ1) is 16.8. The molecule has 0 bridgehead atoms. The zero-order valence-electron chi connectivity index (χ0n) is 10.6. The first-order valence-electron chi connectivity index (χ1n) is 5.38.